The van der Waals surface area contributed by atoms with E-state index in [9.17, 15) is 9.59 Å². The Morgan fingerprint density at radius 2 is 2.35 bits per heavy atom. The summed E-state index contributed by atoms with van der Waals surface area (Å²) in [5.74, 6) is 0.118. The molecule has 2 saturated heterocycles. The Kier molecular flexibility index (Phi) is 3.94. The van der Waals surface area contributed by atoms with Crippen LogP contribution in [0.4, 0.5) is 9.93 Å². The maximum atomic E-state index is 12.6. The third kappa shape index (κ3) is 2.81. The molecule has 0 unspecified atom stereocenters. The summed E-state index contributed by atoms with van der Waals surface area (Å²) >= 11 is 1.42. The van der Waals surface area contributed by atoms with E-state index in [-0.39, 0.29) is 24.1 Å². The van der Waals surface area contributed by atoms with Crippen molar-refractivity contribution in [1.82, 2.24) is 15.2 Å². The third-order valence-electron chi connectivity index (χ3n) is 4.76. The topological polar surface area (TPSA) is 74.8 Å². The van der Waals surface area contributed by atoms with Gasteiger partial charge in [-0.25, -0.2) is 9.78 Å². The SMILES string of the molecule is O=C1NCCN1c1nc(CC(=O)N2CCO[C@@H]3CCC[C@H]32)cs1. The van der Waals surface area contributed by atoms with Crippen molar-refractivity contribution in [2.45, 2.75) is 37.8 Å². The van der Waals surface area contributed by atoms with Crippen LogP contribution < -0.4 is 10.2 Å². The number of nitrogens with one attached hydrogen (secondary N) is 1. The molecular formula is C15H20N4O3S. The zero-order chi connectivity index (χ0) is 15.8. The Hall–Kier alpha value is -1.67. The summed E-state index contributed by atoms with van der Waals surface area (Å²) in [6, 6.07) is 0.123. The van der Waals surface area contributed by atoms with Crippen LogP contribution in [0.5, 0.6) is 0 Å². The number of amides is 3. The van der Waals surface area contributed by atoms with Gasteiger partial charge in [0.1, 0.15) is 0 Å². The van der Waals surface area contributed by atoms with Crippen LogP contribution in [-0.4, -0.2) is 60.2 Å². The second kappa shape index (κ2) is 6.09. The van der Waals surface area contributed by atoms with Gasteiger partial charge in [-0.3, -0.25) is 9.69 Å². The monoisotopic (exact) mass is 336 g/mol. The van der Waals surface area contributed by atoms with E-state index >= 15 is 0 Å². The predicted molar refractivity (Wildman–Crippen MR) is 85.7 cm³/mol. The Labute approximate surface area is 138 Å². The van der Waals surface area contributed by atoms with Crippen LogP contribution >= 0.6 is 11.3 Å². The molecule has 1 aromatic rings. The highest BCUT2D eigenvalue weighted by atomic mass is 32.1. The predicted octanol–water partition coefficient (Wildman–Crippen LogP) is 0.995. The first kappa shape index (κ1) is 14.9. The number of morpholine rings is 1. The number of fused-ring (bicyclic) bond motifs is 1. The van der Waals surface area contributed by atoms with E-state index in [4.69, 9.17) is 4.74 Å². The smallest absolute Gasteiger partial charge is 0.323 e. The fourth-order valence-electron chi connectivity index (χ4n) is 3.65. The number of anilines is 1. The number of carbonyl (C=O) groups excluding carboxylic acids is 2. The number of urea groups is 1. The molecule has 4 rings (SSSR count). The Morgan fingerprint density at radius 3 is 3.17 bits per heavy atom. The minimum absolute atomic E-state index is 0.112. The molecule has 3 fully saturated rings. The number of aromatic nitrogens is 1. The van der Waals surface area contributed by atoms with Crippen LogP contribution in [0, 0.1) is 0 Å². The highest BCUT2D eigenvalue weighted by molar-refractivity contribution is 7.14. The lowest BCUT2D eigenvalue weighted by Gasteiger charge is -2.37. The molecule has 3 aliphatic rings. The number of nitrogens with zero attached hydrogens (tertiary/aromatic N) is 3. The van der Waals surface area contributed by atoms with Gasteiger partial charge in [-0.2, -0.15) is 0 Å². The lowest BCUT2D eigenvalue weighted by molar-refractivity contribution is -0.143. The van der Waals surface area contributed by atoms with Crippen molar-refractivity contribution in [3.63, 3.8) is 0 Å². The average Bonchev–Trinajstić information content (AvgIpc) is 3.26. The maximum Gasteiger partial charge on any atom is 0.323 e. The van der Waals surface area contributed by atoms with Crippen molar-refractivity contribution in [1.29, 1.82) is 0 Å². The van der Waals surface area contributed by atoms with Gasteiger partial charge in [-0.15, -0.1) is 11.3 Å². The number of hydrogen-bond donors (Lipinski definition) is 1. The molecule has 3 amide bonds. The van der Waals surface area contributed by atoms with Crippen LogP contribution in [0.15, 0.2) is 5.38 Å². The molecule has 1 saturated carbocycles. The molecule has 23 heavy (non-hydrogen) atoms. The Bertz CT molecular complexity index is 620. The van der Waals surface area contributed by atoms with Crippen LogP contribution in [0.25, 0.3) is 0 Å². The summed E-state index contributed by atoms with van der Waals surface area (Å²) in [5.41, 5.74) is 0.746. The van der Waals surface area contributed by atoms with Crippen molar-refractivity contribution >= 4 is 28.4 Å². The van der Waals surface area contributed by atoms with E-state index < -0.39 is 0 Å². The van der Waals surface area contributed by atoms with Gasteiger partial charge in [0.05, 0.1) is 30.9 Å². The normalized spacial score (nSPS) is 27.2. The minimum Gasteiger partial charge on any atom is -0.374 e. The van der Waals surface area contributed by atoms with E-state index in [1.54, 1.807) is 4.90 Å². The summed E-state index contributed by atoms with van der Waals surface area (Å²) in [6.07, 6.45) is 3.73. The summed E-state index contributed by atoms with van der Waals surface area (Å²) in [6.45, 7) is 2.57. The van der Waals surface area contributed by atoms with Crippen LogP contribution in [0.1, 0.15) is 25.0 Å². The quantitative estimate of drug-likeness (QED) is 0.893. The van der Waals surface area contributed by atoms with Gasteiger partial charge in [0.15, 0.2) is 5.13 Å². The largest absolute Gasteiger partial charge is 0.374 e. The van der Waals surface area contributed by atoms with Gasteiger partial charge in [-0.1, -0.05) is 0 Å². The first-order valence-electron chi connectivity index (χ1n) is 8.13. The molecule has 3 heterocycles. The van der Waals surface area contributed by atoms with Crippen molar-refractivity contribution < 1.29 is 14.3 Å². The summed E-state index contributed by atoms with van der Waals surface area (Å²) in [4.78, 5) is 32.4. The third-order valence-corrected chi connectivity index (χ3v) is 5.67. The lowest BCUT2D eigenvalue weighted by atomic mass is 10.1. The van der Waals surface area contributed by atoms with Crippen LogP contribution in [0.3, 0.4) is 0 Å². The van der Waals surface area contributed by atoms with Gasteiger partial charge in [0, 0.05) is 25.0 Å². The van der Waals surface area contributed by atoms with Gasteiger partial charge >= 0.3 is 6.03 Å². The van der Waals surface area contributed by atoms with Crippen molar-refractivity contribution in [3.8, 4) is 0 Å². The summed E-state index contributed by atoms with van der Waals surface area (Å²) in [7, 11) is 0. The van der Waals surface area contributed by atoms with Gasteiger partial charge in [0.25, 0.3) is 0 Å². The maximum absolute atomic E-state index is 12.6. The van der Waals surface area contributed by atoms with Crippen molar-refractivity contribution in [2.75, 3.05) is 31.1 Å². The first-order chi connectivity index (χ1) is 11.2. The van der Waals surface area contributed by atoms with E-state index in [1.165, 1.54) is 11.3 Å². The minimum atomic E-state index is -0.112. The van der Waals surface area contributed by atoms with E-state index in [2.05, 4.69) is 10.3 Å². The molecule has 1 N–H and O–H groups in total. The Morgan fingerprint density at radius 1 is 1.43 bits per heavy atom. The molecule has 124 valence electrons. The van der Waals surface area contributed by atoms with Crippen LogP contribution in [-0.2, 0) is 16.0 Å². The fourth-order valence-corrected chi connectivity index (χ4v) is 4.50. The molecule has 2 atom stereocenters. The summed E-state index contributed by atoms with van der Waals surface area (Å²) in [5, 5.41) is 5.31. The Balaban J connectivity index is 1.42. The van der Waals surface area contributed by atoms with Gasteiger partial charge in [0.2, 0.25) is 5.91 Å². The molecular weight excluding hydrogens is 316 g/mol. The van der Waals surface area contributed by atoms with E-state index in [1.807, 2.05) is 10.3 Å². The van der Waals surface area contributed by atoms with Gasteiger partial charge in [-0.05, 0) is 19.3 Å². The number of thiazole rings is 1. The molecule has 1 aromatic heterocycles. The molecule has 0 aromatic carbocycles. The highest BCUT2D eigenvalue weighted by Crippen LogP contribution is 2.30. The molecule has 1 aliphatic carbocycles. The average molecular weight is 336 g/mol. The number of rotatable bonds is 3. The molecule has 0 bridgehead atoms. The van der Waals surface area contributed by atoms with Crippen molar-refractivity contribution in [2.24, 2.45) is 0 Å². The zero-order valence-corrected chi connectivity index (χ0v) is 13.7. The molecule has 7 nitrogen and oxygen atoms in total. The molecule has 0 spiro atoms. The number of ether oxygens (including phenoxy) is 1. The van der Waals surface area contributed by atoms with Crippen LogP contribution in [0.2, 0.25) is 0 Å². The lowest BCUT2D eigenvalue weighted by Crippen LogP contribution is -2.51. The van der Waals surface area contributed by atoms with E-state index in [0.29, 0.717) is 37.8 Å². The number of hydrogen-bond acceptors (Lipinski definition) is 5. The second-order valence-corrected chi connectivity index (χ2v) is 7.01. The molecule has 0 radical (unpaired) electrons. The first-order valence-corrected chi connectivity index (χ1v) is 9.01. The zero-order valence-electron chi connectivity index (χ0n) is 12.9. The summed E-state index contributed by atoms with van der Waals surface area (Å²) < 4.78 is 5.76. The standard InChI is InChI=1S/C15H20N4O3S/c20-13(18-6-7-22-12-3-1-2-11(12)18)8-10-9-23-15(17-10)19-5-4-16-14(19)21/h9,11-12H,1-8H2,(H,16,21)/t11-,12-/m1/s1. The second-order valence-electron chi connectivity index (χ2n) is 6.18. The fraction of sp³-hybridized carbons (Fsp3) is 0.667. The molecule has 8 heteroatoms. The van der Waals surface area contributed by atoms with Crippen molar-refractivity contribution in [3.05, 3.63) is 11.1 Å². The van der Waals surface area contributed by atoms with Gasteiger partial charge < -0.3 is 15.0 Å². The molecule has 2 aliphatic heterocycles. The number of carbonyl (C=O) groups is 2. The highest BCUT2D eigenvalue weighted by Gasteiger charge is 2.38. The van der Waals surface area contributed by atoms with E-state index in [0.717, 1.165) is 25.0 Å².